The highest BCUT2D eigenvalue weighted by atomic mass is 16.5. The van der Waals surface area contributed by atoms with E-state index in [1.54, 1.807) is 25.1 Å². The molecule has 0 heterocycles. The van der Waals surface area contributed by atoms with Crippen molar-refractivity contribution in [2.24, 2.45) is 0 Å². The van der Waals surface area contributed by atoms with E-state index in [4.69, 9.17) is 0 Å². The molecule has 0 aliphatic carbocycles. The Morgan fingerprint density at radius 3 is 2.44 bits per heavy atom. The predicted molar refractivity (Wildman–Crippen MR) is 96.3 cm³/mol. The van der Waals surface area contributed by atoms with Crippen LogP contribution in [-0.2, 0) is 20.7 Å². The van der Waals surface area contributed by atoms with Crippen molar-refractivity contribution in [1.82, 2.24) is 10.2 Å². The highest BCUT2D eigenvalue weighted by Crippen LogP contribution is 2.14. The molecule has 1 aromatic rings. The summed E-state index contributed by atoms with van der Waals surface area (Å²) in [4.78, 5) is 36.5. The van der Waals surface area contributed by atoms with Gasteiger partial charge in [0.2, 0.25) is 5.91 Å². The van der Waals surface area contributed by atoms with Crippen molar-refractivity contribution in [2.75, 3.05) is 27.7 Å². The Kier molecular flexibility index (Phi) is 9.29. The molecule has 0 bridgehead atoms. The number of rotatable bonds is 10. The number of ether oxygens (including phenoxy) is 1. The molecule has 1 aromatic carbocycles. The van der Waals surface area contributed by atoms with Crippen molar-refractivity contribution < 1.29 is 19.1 Å². The Hall–Kier alpha value is -2.37. The minimum Gasteiger partial charge on any atom is -0.469 e. The molecule has 0 unspecified atom stereocenters. The lowest BCUT2D eigenvalue weighted by Crippen LogP contribution is -2.27. The van der Waals surface area contributed by atoms with Crippen LogP contribution in [-0.4, -0.2) is 50.4 Å². The van der Waals surface area contributed by atoms with Crippen molar-refractivity contribution in [3.8, 4) is 0 Å². The molecule has 0 aliphatic rings. The Labute approximate surface area is 149 Å². The van der Waals surface area contributed by atoms with Crippen molar-refractivity contribution in [3.05, 3.63) is 35.4 Å². The summed E-state index contributed by atoms with van der Waals surface area (Å²) in [5, 5.41) is 2.74. The lowest BCUT2D eigenvalue weighted by atomic mass is 10.00. The number of methoxy groups -OCH3 is 1. The number of hydrogen-bond donors (Lipinski definition) is 1. The maximum atomic E-state index is 12.3. The van der Waals surface area contributed by atoms with E-state index < -0.39 is 0 Å². The van der Waals surface area contributed by atoms with Crippen LogP contribution in [0.1, 0.15) is 48.0 Å². The largest absolute Gasteiger partial charge is 0.469 e. The molecule has 0 saturated heterocycles. The second kappa shape index (κ2) is 11.2. The van der Waals surface area contributed by atoms with E-state index in [-0.39, 0.29) is 30.7 Å². The molecule has 0 saturated carbocycles. The molecule has 6 heteroatoms. The van der Waals surface area contributed by atoms with E-state index in [1.165, 1.54) is 7.11 Å². The van der Waals surface area contributed by atoms with E-state index in [2.05, 4.69) is 10.1 Å². The molecule has 0 aliphatic heterocycles. The first kappa shape index (κ1) is 20.7. The number of benzene rings is 1. The van der Waals surface area contributed by atoms with Gasteiger partial charge in [-0.1, -0.05) is 24.6 Å². The number of carbonyl (C=O) groups is 3. The van der Waals surface area contributed by atoms with Gasteiger partial charge >= 0.3 is 5.97 Å². The normalized spacial score (nSPS) is 10.2. The van der Waals surface area contributed by atoms with Crippen molar-refractivity contribution in [3.63, 3.8) is 0 Å². The maximum absolute atomic E-state index is 12.3. The molecular formula is C19H28N2O4. The molecule has 0 fully saturated rings. The first-order valence-corrected chi connectivity index (χ1v) is 8.58. The van der Waals surface area contributed by atoms with Gasteiger partial charge in [-0.15, -0.1) is 0 Å². The van der Waals surface area contributed by atoms with E-state index in [0.717, 1.165) is 31.2 Å². The van der Waals surface area contributed by atoms with E-state index in [9.17, 15) is 14.4 Å². The second-order valence-electron chi connectivity index (χ2n) is 6.09. The van der Waals surface area contributed by atoms with Gasteiger partial charge in [0.05, 0.1) is 13.5 Å². The summed E-state index contributed by atoms with van der Waals surface area (Å²) >= 11 is 0. The van der Waals surface area contributed by atoms with E-state index in [0.29, 0.717) is 12.0 Å². The van der Waals surface area contributed by atoms with Crippen LogP contribution in [0.3, 0.4) is 0 Å². The molecule has 0 spiro atoms. The Morgan fingerprint density at radius 1 is 1.04 bits per heavy atom. The molecule has 1 N–H and O–H groups in total. The molecule has 2 amide bonds. The lowest BCUT2D eigenvalue weighted by Gasteiger charge is -2.11. The average molecular weight is 348 g/mol. The topological polar surface area (TPSA) is 75.7 Å². The Balaban J connectivity index is 2.44. The summed E-state index contributed by atoms with van der Waals surface area (Å²) in [5.74, 6) is -0.381. The molecule has 138 valence electrons. The zero-order valence-corrected chi connectivity index (χ0v) is 15.3. The summed E-state index contributed by atoms with van der Waals surface area (Å²) in [5.41, 5.74) is 1.62. The third kappa shape index (κ3) is 7.83. The number of amides is 2. The predicted octanol–water partition coefficient (Wildman–Crippen LogP) is 2.17. The van der Waals surface area contributed by atoms with Crippen molar-refractivity contribution >= 4 is 17.8 Å². The fraction of sp³-hybridized carbons (Fsp3) is 0.526. The van der Waals surface area contributed by atoms with Crippen LogP contribution in [0.25, 0.3) is 0 Å². The number of unbranched alkanes of at least 4 members (excludes halogenated alkanes) is 2. The van der Waals surface area contributed by atoms with Crippen LogP contribution >= 0.6 is 0 Å². The summed E-state index contributed by atoms with van der Waals surface area (Å²) in [6.07, 6.45) is 4.22. The van der Waals surface area contributed by atoms with Crippen LogP contribution in [0.15, 0.2) is 24.3 Å². The monoisotopic (exact) mass is 348 g/mol. The smallest absolute Gasteiger partial charge is 0.307 e. The maximum Gasteiger partial charge on any atom is 0.307 e. The average Bonchev–Trinajstić information content (AvgIpc) is 2.61. The number of nitrogens with one attached hydrogen (secondary N) is 1. The molecule has 1 rings (SSSR count). The summed E-state index contributed by atoms with van der Waals surface area (Å²) < 4.78 is 4.55. The van der Waals surface area contributed by atoms with Gasteiger partial charge in [0.15, 0.2) is 0 Å². The van der Waals surface area contributed by atoms with E-state index in [1.807, 2.05) is 18.2 Å². The SMILES string of the molecule is COC(=O)CCNC(=O)c1ccccc1CCCCCC(=O)N(C)C. The van der Waals surface area contributed by atoms with Crippen LogP contribution < -0.4 is 5.32 Å². The molecule has 0 radical (unpaired) electrons. The van der Waals surface area contributed by atoms with Gasteiger partial charge in [-0.3, -0.25) is 14.4 Å². The Bertz CT molecular complexity index is 585. The van der Waals surface area contributed by atoms with Gasteiger partial charge in [-0.25, -0.2) is 0 Å². The second-order valence-corrected chi connectivity index (χ2v) is 6.09. The van der Waals surface area contributed by atoms with Gasteiger partial charge in [0.25, 0.3) is 5.91 Å². The minimum atomic E-state index is -0.346. The summed E-state index contributed by atoms with van der Waals surface area (Å²) in [6.45, 7) is 0.256. The van der Waals surface area contributed by atoms with Crippen LogP contribution in [0.5, 0.6) is 0 Å². The molecular weight excluding hydrogens is 320 g/mol. The highest BCUT2D eigenvalue weighted by molar-refractivity contribution is 5.95. The van der Waals surface area contributed by atoms with Crippen molar-refractivity contribution in [2.45, 2.75) is 38.5 Å². The number of hydrogen-bond acceptors (Lipinski definition) is 4. The Morgan fingerprint density at radius 2 is 1.76 bits per heavy atom. The number of nitrogens with zero attached hydrogens (tertiary/aromatic N) is 1. The third-order valence-corrected chi connectivity index (χ3v) is 3.94. The number of esters is 1. The lowest BCUT2D eigenvalue weighted by molar-refractivity contribution is -0.140. The van der Waals surface area contributed by atoms with Gasteiger partial charge < -0.3 is 15.0 Å². The van der Waals surface area contributed by atoms with Crippen LogP contribution in [0, 0.1) is 0 Å². The third-order valence-electron chi connectivity index (χ3n) is 3.94. The van der Waals surface area contributed by atoms with Crippen LogP contribution in [0.2, 0.25) is 0 Å². The zero-order valence-electron chi connectivity index (χ0n) is 15.3. The van der Waals surface area contributed by atoms with Gasteiger partial charge in [0, 0.05) is 32.6 Å². The molecule has 0 atom stereocenters. The summed E-state index contributed by atoms with van der Waals surface area (Å²) in [6, 6.07) is 7.48. The van der Waals surface area contributed by atoms with Gasteiger partial charge in [0.1, 0.15) is 0 Å². The summed E-state index contributed by atoms with van der Waals surface area (Å²) in [7, 11) is 4.85. The quantitative estimate of drug-likeness (QED) is 0.519. The van der Waals surface area contributed by atoms with Gasteiger partial charge in [-0.05, 0) is 30.9 Å². The molecule has 6 nitrogen and oxygen atoms in total. The van der Waals surface area contributed by atoms with Crippen LogP contribution in [0.4, 0.5) is 0 Å². The first-order valence-electron chi connectivity index (χ1n) is 8.58. The number of carbonyl (C=O) groups excluding carboxylic acids is 3. The first-order chi connectivity index (χ1) is 12.0. The fourth-order valence-corrected chi connectivity index (χ4v) is 2.43. The minimum absolute atomic E-state index is 0.144. The van der Waals surface area contributed by atoms with E-state index >= 15 is 0 Å². The molecule has 25 heavy (non-hydrogen) atoms. The zero-order chi connectivity index (χ0) is 18.7. The standard InChI is InChI=1S/C19H28N2O4/c1-21(2)17(22)12-6-4-5-9-15-10-7-8-11-16(15)19(24)20-14-13-18(23)25-3/h7-8,10-11H,4-6,9,12-14H2,1-3H3,(H,20,24). The van der Waals surface area contributed by atoms with Crippen molar-refractivity contribution in [1.29, 1.82) is 0 Å². The number of aryl methyl sites for hydroxylation is 1. The highest BCUT2D eigenvalue weighted by Gasteiger charge is 2.11. The molecule has 0 aromatic heterocycles. The fourth-order valence-electron chi connectivity index (χ4n) is 2.43. The van der Waals surface area contributed by atoms with Gasteiger partial charge in [-0.2, -0.15) is 0 Å².